The molecule has 150 valence electrons. The summed E-state index contributed by atoms with van der Waals surface area (Å²) in [5.41, 5.74) is 1.04. The van der Waals surface area contributed by atoms with Gasteiger partial charge in [0.25, 0.3) is 0 Å². The smallest absolute Gasteiger partial charge is 0.342 e. The van der Waals surface area contributed by atoms with E-state index in [-0.39, 0.29) is 23.8 Å². The number of anilines is 2. The minimum atomic E-state index is -0.714. The van der Waals surface area contributed by atoms with Gasteiger partial charge >= 0.3 is 5.97 Å². The first-order chi connectivity index (χ1) is 13.9. The molecule has 0 aliphatic carbocycles. The molecule has 0 radical (unpaired) electrons. The standard InChI is InChI=1S/C20H17ClN2O5S/c1-12(24)23(15-5-3-4-13(21)8-15)20-22-14(11-29-20)10-28-19(26)17-9-16(27-2)6-7-18(17)25/h3-9,11,25H,10H2,1-2H3. The highest BCUT2D eigenvalue weighted by atomic mass is 35.5. The fourth-order valence-electron chi connectivity index (χ4n) is 2.53. The second kappa shape index (κ2) is 8.93. The average molecular weight is 433 g/mol. The van der Waals surface area contributed by atoms with Crippen LogP contribution in [0.3, 0.4) is 0 Å². The number of rotatable bonds is 6. The second-order valence-corrected chi connectivity index (χ2v) is 7.19. The molecule has 0 aliphatic heterocycles. The van der Waals surface area contributed by atoms with Crippen molar-refractivity contribution < 1.29 is 24.2 Å². The molecule has 0 aliphatic rings. The number of aromatic nitrogens is 1. The number of aromatic hydroxyl groups is 1. The predicted octanol–water partition coefficient (Wildman–Crippen LogP) is 4.55. The summed E-state index contributed by atoms with van der Waals surface area (Å²) in [5.74, 6) is -0.733. The number of phenolic OH excluding ortho intramolecular Hbond substituents is 1. The number of ether oxygens (including phenoxy) is 2. The maximum absolute atomic E-state index is 12.3. The van der Waals surface area contributed by atoms with E-state index >= 15 is 0 Å². The molecule has 3 aromatic rings. The number of carbonyl (C=O) groups is 2. The molecule has 0 atom stereocenters. The Hall–Kier alpha value is -3.10. The fraction of sp³-hybridized carbons (Fsp3) is 0.150. The fourth-order valence-corrected chi connectivity index (χ4v) is 3.59. The molecule has 2 aromatic carbocycles. The summed E-state index contributed by atoms with van der Waals surface area (Å²) in [4.78, 5) is 30.2. The maximum atomic E-state index is 12.3. The molecule has 0 spiro atoms. The van der Waals surface area contributed by atoms with Crippen LogP contribution in [-0.4, -0.2) is 29.1 Å². The molecule has 1 aromatic heterocycles. The molecule has 3 rings (SSSR count). The lowest BCUT2D eigenvalue weighted by Crippen LogP contribution is -2.22. The Morgan fingerprint density at radius 3 is 2.72 bits per heavy atom. The maximum Gasteiger partial charge on any atom is 0.342 e. The van der Waals surface area contributed by atoms with Gasteiger partial charge in [0.2, 0.25) is 5.91 Å². The van der Waals surface area contributed by atoms with Gasteiger partial charge in [0, 0.05) is 17.3 Å². The third-order valence-electron chi connectivity index (χ3n) is 3.89. The van der Waals surface area contributed by atoms with Crippen molar-refractivity contribution in [3.63, 3.8) is 0 Å². The number of nitrogens with zero attached hydrogens (tertiary/aromatic N) is 2. The lowest BCUT2D eigenvalue weighted by atomic mass is 10.2. The Kier molecular flexibility index (Phi) is 6.36. The molecule has 1 amide bonds. The monoisotopic (exact) mass is 432 g/mol. The molecule has 1 heterocycles. The summed E-state index contributed by atoms with van der Waals surface area (Å²) in [6, 6.07) is 11.1. The normalized spacial score (nSPS) is 10.4. The average Bonchev–Trinajstić information content (AvgIpc) is 3.15. The van der Waals surface area contributed by atoms with E-state index in [1.807, 2.05) is 0 Å². The number of hydrogen-bond donors (Lipinski definition) is 1. The molecule has 0 saturated heterocycles. The number of methoxy groups -OCH3 is 1. The van der Waals surface area contributed by atoms with Crippen molar-refractivity contribution in [1.29, 1.82) is 0 Å². The first-order valence-corrected chi connectivity index (χ1v) is 9.69. The van der Waals surface area contributed by atoms with Crippen LogP contribution in [0.1, 0.15) is 23.0 Å². The minimum Gasteiger partial charge on any atom is -0.507 e. The third-order valence-corrected chi connectivity index (χ3v) is 5.00. The van der Waals surface area contributed by atoms with E-state index in [0.717, 1.165) is 0 Å². The molecule has 1 N–H and O–H groups in total. The van der Waals surface area contributed by atoms with Crippen molar-refractivity contribution in [3.8, 4) is 11.5 Å². The van der Waals surface area contributed by atoms with Gasteiger partial charge in [0.15, 0.2) is 5.13 Å². The molecule has 7 nitrogen and oxygen atoms in total. The SMILES string of the molecule is COc1ccc(O)c(C(=O)OCc2csc(N(C(C)=O)c3cccc(Cl)c3)n2)c1. The number of benzene rings is 2. The summed E-state index contributed by atoms with van der Waals surface area (Å²) in [6.07, 6.45) is 0. The summed E-state index contributed by atoms with van der Waals surface area (Å²) >= 11 is 7.26. The zero-order chi connectivity index (χ0) is 21.0. The van der Waals surface area contributed by atoms with Crippen molar-refractivity contribution in [3.05, 3.63) is 64.1 Å². The zero-order valence-electron chi connectivity index (χ0n) is 15.6. The predicted molar refractivity (Wildman–Crippen MR) is 110 cm³/mol. The summed E-state index contributed by atoms with van der Waals surface area (Å²) in [5, 5.41) is 12.5. The van der Waals surface area contributed by atoms with Gasteiger partial charge in [-0.2, -0.15) is 0 Å². The molecule has 29 heavy (non-hydrogen) atoms. The molecular weight excluding hydrogens is 416 g/mol. The number of phenols is 1. The van der Waals surface area contributed by atoms with Crippen molar-refractivity contribution in [1.82, 2.24) is 4.98 Å². The lowest BCUT2D eigenvalue weighted by molar-refractivity contribution is -0.115. The third kappa shape index (κ3) is 4.85. The molecule has 0 bridgehead atoms. The number of hydrogen-bond acceptors (Lipinski definition) is 7. The van der Waals surface area contributed by atoms with Crippen molar-refractivity contribution in [2.24, 2.45) is 0 Å². The van der Waals surface area contributed by atoms with Crippen LogP contribution in [0.2, 0.25) is 5.02 Å². The Morgan fingerprint density at radius 1 is 1.24 bits per heavy atom. The minimum absolute atomic E-state index is 0.0101. The molecular formula is C20H17ClN2O5S. The lowest BCUT2D eigenvalue weighted by Gasteiger charge is -2.18. The van der Waals surface area contributed by atoms with Gasteiger partial charge in [0.05, 0.1) is 18.5 Å². The number of halogens is 1. The van der Waals surface area contributed by atoms with Crippen molar-refractivity contribution in [2.75, 3.05) is 12.0 Å². The van der Waals surface area contributed by atoms with Crippen LogP contribution in [0.5, 0.6) is 11.5 Å². The van der Waals surface area contributed by atoms with Gasteiger partial charge in [-0.1, -0.05) is 17.7 Å². The number of thiazole rings is 1. The van der Waals surface area contributed by atoms with Gasteiger partial charge in [-0.3, -0.25) is 9.69 Å². The Morgan fingerprint density at radius 2 is 2.03 bits per heavy atom. The molecule has 0 fully saturated rings. The van der Waals surface area contributed by atoms with Crippen LogP contribution in [0, 0.1) is 0 Å². The van der Waals surface area contributed by atoms with E-state index in [1.165, 1.54) is 48.5 Å². The number of amides is 1. The number of carbonyl (C=O) groups excluding carboxylic acids is 2. The highest BCUT2D eigenvalue weighted by Gasteiger charge is 2.19. The Bertz CT molecular complexity index is 1050. The largest absolute Gasteiger partial charge is 0.507 e. The Balaban J connectivity index is 1.74. The second-order valence-electron chi connectivity index (χ2n) is 5.91. The number of esters is 1. The zero-order valence-corrected chi connectivity index (χ0v) is 17.2. The highest BCUT2D eigenvalue weighted by Crippen LogP contribution is 2.31. The van der Waals surface area contributed by atoms with Crippen LogP contribution in [0.15, 0.2) is 47.8 Å². The van der Waals surface area contributed by atoms with E-state index in [1.54, 1.807) is 29.6 Å². The van der Waals surface area contributed by atoms with E-state index in [0.29, 0.717) is 27.3 Å². The summed E-state index contributed by atoms with van der Waals surface area (Å²) in [6.45, 7) is 1.31. The van der Waals surface area contributed by atoms with Crippen molar-refractivity contribution in [2.45, 2.75) is 13.5 Å². The molecule has 9 heteroatoms. The quantitative estimate of drug-likeness (QED) is 0.575. The van der Waals surface area contributed by atoms with Gasteiger partial charge in [-0.25, -0.2) is 9.78 Å². The first-order valence-electron chi connectivity index (χ1n) is 8.44. The first kappa shape index (κ1) is 20.6. The summed E-state index contributed by atoms with van der Waals surface area (Å²) in [7, 11) is 1.46. The Labute approximate surface area is 176 Å². The van der Waals surface area contributed by atoms with Crippen LogP contribution in [-0.2, 0) is 16.1 Å². The van der Waals surface area contributed by atoms with Gasteiger partial charge < -0.3 is 14.6 Å². The molecule has 0 saturated carbocycles. The van der Waals surface area contributed by atoms with E-state index in [2.05, 4.69) is 4.98 Å². The van der Waals surface area contributed by atoms with E-state index < -0.39 is 5.97 Å². The summed E-state index contributed by atoms with van der Waals surface area (Å²) < 4.78 is 10.3. The molecule has 0 unspecified atom stereocenters. The van der Waals surface area contributed by atoms with E-state index in [4.69, 9.17) is 21.1 Å². The highest BCUT2D eigenvalue weighted by molar-refractivity contribution is 7.14. The van der Waals surface area contributed by atoms with Crippen LogP contribution in [0.4, 0.5) is 10.8 Å². The topological polar surface area (TPSA) is 89.0 Å². The van der Waals surface area contributed by atoms with E-state index in [9.17, 15) is 14.7 Å². The van der Waals surface area contributed by atoms with Gasteiger partial charge in [-0.05, 0) is 36.4 Å². The van der Waals surface area contributed by atoms with Crippen LogP contribution in [0.25, 0.3) is 0 Å². The van der Waals surface area contributed by atoms with Crippen LogP contribution >= 0.6 is 22.9 Å². The van der Waals surface area contributed by atoms with Gasteiger partial charge in [-0.15, -0.1) is 11.3 Å². The van der Waals surface area contributed by atoms with Crippen molar-refractivity contribution >= 4 is 45.6 Å². The van der Waals surface area contributed by atoms with Crippen LogP contribution < -0.4 is 9.64 Å². The van der Waals surface area contributed by atoms with Gasteiger partial charge in [0.1, 0.15) is 23.7 Å².